The number of rotatable bonds is 7. The van der Waals surface area contributed by atoms with Gasteiger partial charge in [-0.1, -0.05) is 18.2 Å². The summed E-state index contributed by atoms with van der Waals surface area (Å²) in [7, 11) is -4.83. The van der Waals surface area contributed by atoms with Gasteiger partial charge < -0.3 is 24.7 Å². The average molecular weight is 357 g/mol. The zero-order valence-corrected chi connectivity index (χ0v) is 12.6. The molecule has 0 bridgehead atoms. The number of hydrogen-bond donors (Lipinski definition) is 3. The van der Waals surface area contributed by atoms with Gasteiger partial charge >= 0.3 is 19.7 Å². The minimum Gasteiger partial charge on any atom is -0.632 e. The maximum Gasteiger partial charge on any atom is 0.416 e. The molecule has 3 N–H and O–H groups in total. The molecule has 0 heterocycles. The quantitative estimate of drug-likeness (QED) is 0.389. The van der Waals surface area contributed by atoms with Gasteiger partial charge in [-0.05, 0) is 11.6 Å². The smallest absolute Gasteiger partial charge is 0.416 e. The predicted molar refractivity (Wildman–Crippen MR) is 73.1 cm³/mol. The van der Waals surface area contributed by atoms with Crippen LogP contribution in [0, 0.1) is 5.21 Å². The number of hydrogen-bond acceptors (Lipinski definition) is 3. The van der Waals surface area contributed by atoms with Gasteiger partial charge in [-0.2, -0.15) is 13.2 Å². The molecule has 0 radical (unpaired) electrons. The molecule has 11 heteroatoms. The molecule has 1 atom stereocenters. The van der Waals surface area contributed by atoms with Gasteiger partial charge in [0.25, 0.3) is 0 Å². The maximum atomic E-state index is 12.8. The highest BCUT2D eigenvalue weighted by Gasteiger charge is 2.35. The first-order chi connectivity index (χ1) is 10.3. The molecule has 0 aromatic heterocycles. The van der Waals surface area contributed by atoms with Gasteiger partial charge in [0, 0.05) is 6.42 Å². The van der Waals surface area contributed by atoms with Crippen molar-refractivity contribution in [1.29, 1.82) is 0 Å². The van der Waals surface area contributed by atoms with Crippen molar-refractivity contribution < 1.29 is 42.1 Å². The summed E-state index contributed by atoms with van der Waals surface area (Å²) >= 11 is 0. The van der Waals surface area contributed by atoms with Crippen molar-refractivity contribution in [2.45, 2.75) is 12.6 Å². The number of alkyl halides is 3. The van der Waals surface area contributed by atoms with Gasteiger partial charge in [0.15, 0.2) is 12.8 Å². The first-order valence-electron chi connectivity index (χ1n) is 6.31. The molecule has 1 rings (SSSR count). The monoisotopic (exact) mass is 357 g/mol. The largest absolute Gasteiger partial charge is 0.632 e. The molecule has 130 valence electrons. The van der Waals surface area contributed by atoms with Crippen LogP contribution in [0.1, 0.15) is 11.1 Å². The highest BCUT2D eigenvalue weighted by atomic mass is 31.2. The van der Waals surface area contributed by atoms with E-state index in [2.05, 4.69) is 0 Å². The number of aliphatic carboxylic acids is 1. The third-order valence-electron chi connectivity index (χ3n) is 2.98. The summed E-state index contributed by atoms with van der Waals surface area (Å²) in [6, 6.07) is 4.43. The second kappa shape index (κ2) is 6.98. The summed E-state index contributed by atoms with van der Waals surface area (Å²) in [5, 5.41) is 20.9. The van der Waals surface area contributed by atoms with Crippen LogP contribution in [0.5, 0.6) is 0 Å². The van der Waals surface area contributed by atoms with E-state index in [1.807, 2.05) is 0 Å². The van der Waals surface area contributed by atoms with E-state index in [-0.39, 0.29) is 5.56 Å². The molecule has 23 heavy (non-hydrogen) atoms. The van der Waals surface area contributed by atoms with Crippen LogP contribution >= 0.6 is 7.60 Å². The van der Waals surface area contributed by atoms with E-state index in [9.17, 15) is 27.7 Å². The third kappa shape index (κ3) is 6.67. The minimum absolute atomic E-state index is 0.241. The van der Waals surface area contributed by atoms with Gasteiger partial charge in [-0.15, -0.1) is 0 Å². The Morgan fingerprint density at radius 2 is 1.83 bits per heavy atom. The normalized spacial score (nSPS) is 15.2. The SMILES string of the molecule is O=C(O)C[N+]([O-])(CCc1ccccc1C(F)(F)F)CP(=O)(O)O. The fourth-order valence-electron chi connectivity index (χ4n) is 2.12. The molecule has 0 aliphatic heterocycles. The number of benzene rings is 1. The van der Waals surface area contributed by atoms with Crippen molar-refractivity contribution >= 4 is 13.6 Å². The zero-order chi connectivity index (χ0) is 17.9. The van der Waals surface area contributed by atoms with Crippen LogP contribution < -0.4 is 0 Å². The van der Waals surface area contributed by atoms with Crippen molar-refractivity contribution in [3.05, 3.63) is 40.6 Å². The van der Waals surface area contributed by atoms with Gasteiger partial charge in [-0.3, -0.25) is 4.57 Å². The predicted octanol–water partition coefficient (Wildman–Crippen LogP) is 1.78. The summed E-state index contributed by atoms with van der Waals surface area (Å²) in [5.41, 5.74) is -1.22. The maximum absolute atomic E-state index is 12.8. The van der Waals surface area contributed by atoms with E-state index in [4.69, 9.17) is 14.9 Å². The van der Waals surface area contributed by atoms with Crippen LogP contribution in [0.3, 0.4) is 0 Å². The zero-order valence-electron chi connectivity index (χ0n) is 11.7. The van der Waals surface area contributed by atoms with Crippen LogP contribution in [0.25, 0.3) is 0 Å². The van der Waals surface area contributed by atoms with Crippen molar-refractivity contribution in [3.8, 4) is 0 Å². The Labute approximate surface area is 129 Å². The lowest BCUT2D eigenvalue weighted by Gasteiger charge is -2.41. The number of carbonyl (C=O) groups is 1. The molecule has 0 aliphatic carbocycles. The second-order valence-electron chi connectivity index (χ2n) is 5.04. The van der Waals surface area contributed by atoms with Gasteiger partial charge in [0.1, 0.15) is 0 Å². The molecule has 0 spiro atoms. The highest BCUT2D eigenvalue weighted by Crippen LogP contribution is 2.38. The van der Waals surface area contributed by atoms with E-state index in [0.29, 0.717) is 0 Å². The summed E-state index contributed by atoms with van der Waals surface area (Å²) in [4.78, 5) is 28.4. The number of hydroxylamine groups is 3. The van der Waals surface area contributed by atoms with Crippen LogP contribution in [0.15, 0.2) is 24.3 Å². The van der Waals surface area contributed by atoms with Crippen molar-refractivity contribution in [2.24, 2.45) is 0 Å². The summed E-state index contributed by atoms with van der Waals surface area (Å²) < 4.78 is 47.7. The Morgan fingerprint density at radius 3 is 2.30 bits per heavy atom. The molecule has 7 nitrogen and oxygen atoms in total. The topological polar surface area (TPSA) is 118 Å². The molecule has 1 unspecified atom stereocenters. The molecule has 0 aliphatic rings. The Kier molecular flexibility index (Phi) is 5.95. The Hall–Kier alpha value is -1.45. The molecule has 1 aromatic rings. The average Bonchev–Trinajstić information content (AvgIpc) is 2.32. The van der Waals surface area contributed by atoms with Crippen LogP contribution in [-0.4, -0.2) is 44.9 Å². The number of carboxylic acids is 1. The molecular formula is C12H15F3NO6P. The van der Waals surface area contributed by atoms with Crippen molar-refractivity contribution in [1.82, 2.24) is 0 Å². The first-order valence-corrected chi connectivity index (χ1v) is 8.11. The number of quaternary nitrogens is 1. The number of halogens is 3. The third-order valence-corrected chi connectivity index (χ3v) is 3.86. The van der Waals surface area contributed by atoms with Crippen LogP contribution in [-0.2, 0) is 22.0 Å². The minimum atomic E-state index is -4.83. The molecule has 0 saturated heterocycles. The fraction of sp³-hybridized carbons (Fsp3) is 0.417. The second-order valence-corrected chi connectivity index (χ2v) is 6.66. The molecule has 0 amide bonds. The molecule has 0 saturated carbocycles. The van der Waals surface area contributed by atoms with E-state index in [1.54, 1.807) is 0 Å². The molecule has 1 aromatic carbocycles. The van der Waals surface area contributed by atoms with Gasteiger partial charge in [0.05, 0.1) is 12.1 Å². The number of carboxylic acid groups (broad SMARTS) is 1. The van der Waals surface area contributed by atoms with Crippen molar-refractivity contribution in [3.63, 3.8) is 0 Å². The first kappa shape index (κ1) is 19.6. The van der Waals surface area contributed by atoms with E-state index < -0.39 is 55.7 Å². The highest BCUT2D eigenvalue weighted by molar-refractivity contribution is 7.51. The van der Waals surface area contributed by atoms with E-state index in [1.165, 1.54) is 12.1 Å². The lowest BCUT2D eigenvalue weighted by molar-refractivity contribution is -0.862. The standard InChI is InChI=1S/C12H15F3NO6P/c13-12(14,15)10-4-2-1-3-9(10)5-6-16(19,7-11(17)18)8-23(20,21)22/h1-4H,5-8H2,(H,17,18)(H2,20,21,22). The Morgan fingerprint density at radius 1 is 1.26 bits per heavy atom. The van der Waals surface area contributed by atoms with Gasteiger partial charge in [0.2, 0.25) is 0 Å². The Bertz CT molecular complexity index is 617. The molecular weight excluding hydrogens is 342 g/mol. The lowest BCUT2D eigenvalue weighted by atomic mass is 10.0. The van der Waals surface area contributed by atoms with Crippen LogP contribution in [0.4, 0.5) is 13.2 Å². The van der Waals surface area contributed by atoms with E-state index >= 15 is 0 Å². The van der Waals surface area contributed by atoms with E-state index in [0.717, 1.165) is 12.1 Å². The number of nitrogens with zero attached hydrogens (tertiary/aromatic N) is 1. The lowest BCUT2D eigenvalue weighted by Crippen LogP contribution is -2.48. The summed E-state index contributed by atoms with van der Waals surface area (Å²) in [5.74, 6) is -1.60. The van der Waals surface area contributed by atoms with Gasteiger partial charge in [-0.25, -0.2) is 4.79 Å². The molecule has 0 fully saturated rings. The van der Waals surface area contributed by atoms with Crippen molar-refractivity contribution in [2.75, 3.05) is 19.4 Å². The fourth-order valence-corrected chi connectivity index (χ4v) is 3.03. The summed E-state index contributed by atoms with van der Waals surface area (Å²) in [6.45, 7) is -1.86. The van der Waals surface area contributed by atoms with Crippen LogP contribution in [0.2, 0.25) is 0 Å². The summed E-state index contributed by atoms with van der Waals surface area (Å²) in [6.07, 6.45) is -6.43. The Balaban J connectivity index is 3.00.